The minimum absolute atomic E-state index is 0.243. The van der Waals surface area contributed by atoms with Crippen molar-refractivity contribution in [1.82, 2.24) is 0 Å². The Kier molecular flexibility index (Phi) is 6.17. The third-order valence-corrected chi connectivity index (χ3v) is 3.17. The molecule has 25 heavy (non-hydrogen) atoms. The molecule has 0 aromatic heterocycles. The molecular weight excluding hydrogens is 318 g/mol. The number of benzene rings is 2. The van der Waals surface area contributed by atoms with E-state index in [0.29, 0.717) is 11.4 Å². The van der Waals surface area contributed by atoms with E-state index in [1.807, 2.05) is 30.3 Å². The number of nitrogens with one attached hydrogen (secondary N) is 1. The van der Waals surface area contributed by atoms with Gasteiger partial charge in [0.2, 0.25) is 0 Å². The van der Waals surface area contributed by atoms with Gasteiger partial charge in [-0.15, -0.1) is 0 Å². The second-order valence-corrected chi connectivity index (χ2v) is 5.40. The molecule has 0 unspecified atom stereocenters. The van der Waals surface area contributed by atoms with Crippen molar-refractivity contribution in [3.8, 4) is 0 Å². The van der Waals surface area contributed by atoms with Crippen LogP contribution in [0.2, 0.25) is 0 Å². The number of nitrogens with zero attached hydrogens (tertiary/aromatic N) is 2. The molecular formula is C19H19N3O3. The minimum atomic E-state index is -0.915. The Morgan fingerprint density at radius 2 is 1.56 bits per heavy atom. The first-order valence-corrected chi connectivity index (χ1v) is 7.70. The molecule has 0 saturated heterocycles. The Labute approximate surface area is 146 Å². The van der Waals surface area contributed by atoms with Gasteiger partial charge in [0.25, 0.3) is 5.91 Å². The lowest BCUT2D eigenvalue weighted by atomic mass is 10.2. The predicted molar refractivity (Wildman–Crippen MR) is 96.1 cm³/mol. The molecule has 0 aliphatic carbocycles. The van der Waals surface area contributed by atoms with E-state index in [1.54, 1.807) is 24.3 Å². The van der Waals surface area contributed by atoms with Crippen LogP contribution < -0.4 is 5.32 Å². The smallest absolute Gasteiger partial charge is 0.333 e. The fourth-order valence-corrected chi connectivity index (χ4v) is 1.78. The van der Waals surface area contributed by atoms with E-state index < -0.39 is 18.0 Å². The largest absolute Gasteiger partial charge is 0.449 e. The summed E-state index contributed by atoms with van der Waals surface area (Å²) in [6.45, 7) is 6.50. The van der Waals surface area contributed by atoms with Gasteiger partial charge in [-0.25, -0.2) is 4.79 Å². The van der Waals surface area contributed by atoms with Crippen molar-refractivity contribution in [3.63, 3.8) is 0 Å². The van der Waals surface area contributed by atoms with E-state index in [2.05, 4.69) is 22.1 Å². The number of azo groups is 1. The van der Waals surface area contributed by atoms with Gasteiger partial charge < -0.3 is 10.1 Å². The van der Waals surface area contributed by atoms with Crippen molar-refractivity contribution < 1.29 is 14.3 Å². The Morgan fingerprint density at radius 3 is 2.12 bits per heavy atom. The zero-order valence-electron chi connectivity index (χ0n) is 14.1. The number of carbonyl (C=O) groups excluding carboxylic acids is 2. The van der Waals surface area contributed by atoms with E-state index in [0.717, 1.165) is 5.69 Å². The number of ether oxygens (including phenoxy) is 1. The molecule has 0 saturated carbocycles. The van der Waals surface area contributed by atoms with Gasteiger partial charge >= 0.3 is 5.97 Å². The van der Waals surface area contributed by atoms with Crippen LogP contribution in [0, 0.1) is 0 Å². The van der Waals surface area contributed by atoms with Crippen LogP contribution >= 0.6 is 0 Å². The summed E-state index contributed by atoms with van der Waals surface area (Å²) in [7, 11) is 0. The second kappa shape index (κ2) is 8.54. The summed E-state index contributed by atoms with van der Waals surface area (Å²) < 4.78 is 4.97. The maximum Gasteiger partial charge on any atom is 0.333 e. The highest BCUT2D eigenvalue weighted by Gasteiger charge is 2.18. The van der Waals surface area contributed by atoms with Gasteiger partial charge in [-0.2, -0.15) is 10.2 Å². The molecule has 0 fully saturated rings. The average Bonchev–Trinajstić information content (AvgIpc) is 2.61. The van der Waals surface area contributed by atoms with Crippen LogP contribution in [-0.4, -0.2) is 18.0 Å². The normalized spacial score (nSPS) is 11.8. The zero-order valence-corrected chi connectivity index (χ0v) is 14.1. The van der Waals surface area contributed by atoms with Crippen LogP contribution in [0.5, 0.6) is 0 Å². The molecule has 2 rings (SSSR count). The van der Waals surface area contributed by atoms with Gasteiger partial charge in [0, 0.05) is 11.3 Å². The Bertz CT molecular complexity index is 783. The van der Waals surface area contributed by atoms with Crippen molar-refractivity contribution in [2.75, 3.05) is 5.32 Å². The standard InChI is InChI=1S/C19H19N3O3/c1-13(2)19(24)25-14(3)18(23)20-15-9-11-17(12-10-15)22-21-16-7-5-4-6-8-16/h4-12,14H,1H2,2-3H3,(H,20,23)/t14-/m0/s1. The SMILES string of the molecule is C=C(C)C(=O)O[C@@H](C)C(=O)Nc1ccc(N=Nc2ccccc2)cc1. The van der Waals surface area contributed by atoms with E-state index in [9.17, 15) is 9.59 Å². The van der Waals surface area contributed by atoms with Crippen LogP contribution in [0.4, 0.5) is 17.1 Å². The van der Waals surface area contributed by atoms with Crippen molar-refractivity contribution in [2.45, 2.75) is 20.0 Å². The van der Waals surface area contributed by atoms with E-state index in [4.69, 9.17) is 4.74 Å². The average molecular weight is 337 g/mol. The monoisotopic (exact) mass is 337 g/mol. The third kappa shape index (κ3) is 5.69. The van der Waals surface area contributed by atoms with Crippen molar-refractivity contribution in [3.05, 3.63) is 66.7 Å². The molecule has 128 valence electrons. The Morgan fingerprint density at radius 1 is 1.00 bits per heavy atom. The van der Waals surface area contributed by atoms with E-state index in [1.165, 1.54) is 13.8 Å². The number of hydrogen-bond donors (Lipinski definition) is 1. The Hall–Kier alpha value is -3.28. The molecule has 1 N–H and O–H groups in total. The van der Waals surface area contributed by atoms with Crippen LogP contribution in [0.25, 0.3) is 0 Å². The highest BCUT2D eigenvalue weighted by molar-refractivity contribution is 5.96. The molecule has 0 aliphatic heterocycles. The summed E-state index contributed by atoms with van der Waals surface area (Å²) in [5.74, 6) is -1.02. The molecule has 0 heterocycles. The van der Waals surface area contributed by atoms with Crippen molar-refractivity contribution >= 4 is 28.9 Å². The number of amides is 1. The lowest BCUT2D eigenvalue weighted by Crippen LogP contribution is -2.30. The van der Waals surface area contributed by atoms with Gasteiger partial charge in [0.1, 0.15) is 0 Å². The highest BCUT2D eigenvalue weighted by Crippen LogP contribution is 2.20. The summed E-state index contributed by atoms with van der Waals surface area (Å²) >= 11 is 0. The third-order valence-electron chi connectivity index (χ3n) is 3.17. The lowest BCUT2D eigenvalue weighted by Gasteiger charge is -2.13. The summed E-state index contributed by atoms with van der Waals surface area (Å²) in [6, 6.07) is 16.2. The fourth-order valence-electron chi connectivity index (χ4n) is 1.78. The first-order chi connectivity index (χ1) is 12.0. The molecule has 1 amide bonds. The molecule has 6 heteroatoms. The van der Waals surface area contributed by atoms with E-state index in [-0.39, 0.29) is 5.57 Å². The minimum Gasteiger partial charge on any atom is -0.449 e. The number of carbonyl (C=O) groups is 2. The maximum atomic E-state index is 12.0. The van der Waals surface area contributed by atoms with Crippen molar-refractivity contribution in [2.24, 2.45) is 10.2 Å². The molecule has 0 radical (unpaired) electrons. The molecule has 2 aromatic rings. The molecule has 0 bridgehead atoms. The predicted octanol–water partition coefficient (Wildman–Crippen LogP) is 4.55. The first-order valence-electron chi connectivity index (χ1n) is 7.70. The van der Waals surface area contributed by atoms with Crippen LogP contribution in [0.3, 0.4) is 0 Å². The summed E-state index contributed by atoms with van der Waals surface area (Å²) in [6.07, 6.45) is -0.915. The number of esters is 1. The van der Waals surface area contributed by atoms with Gasteiger partial charge in [0.15, 0.2) is 6.10 Å². The van der Waals surface area contributed by atoms with Crippen LogP contribution in [0.1, 0.15) is 13.8 Å². The molecule has 1 atom stereocenters. The summed E-state index contributed by atoms with van der Waals surface area (Å²) in [5, 5.41) is 10.9. The second-order valence-electron chi connectivity index (χ2n) is 5.40. The van der Waals surface area contributed by atoms with Crippen LogP contribution in [0.15, 0.2) is 77.0 Å². The zero-order chi connectivity index (χ0) is 18.2. The Balaban J connectivity index is 1.93. The molecule has 0 aliphatic rings. The van der Waals surface area contributed by atoms with Gasteiger partial charge in [0.05, 0.1) is 11.4 Å². The molecule has 2 aromatic carbocycles. The highest BCUT2D eigenvalue weighted by atomic mass is 16.5. The summed E-state index contributed by atoms with van der Waals surface area (Å²) in [5.41, 5.74) is 2.23. The number of rotatable bonds is 6. The van der Waals surface area contributed by atoms with Gasteiger partial charge in [-0.3, -0.25) is 4.79 Å². The van der Waals surface area contributed by atoms with Crippen LogP contribution in [-0.2, 0) is 14.3 Å². The number of hydrogen-bond acceptors (Lipinski definition) is 5. The van der Waals surface area contributed by atoms with Gasteiger partial charge in [-0.05, 0) is 50.2 Å². The number of anilines is 1. The molecule has 6 nitrogen and oxygen atoms in total. The van der Waals surface area contributed by atoms with E-state index >= 15 is 0 Å². The topological polar surface area (TPSA) is 80.1 Å². The maximum absolute atomic E-state index is 12.0. The fraction of sp³-hybridized carbons (Fsp3) is 0.158. The summed E-state index contributed by atoms with van der Waals surface area (Å²) in [4.78, 5) is 23.4. The first kappa shape index (κ1) is 18.1. The van der Waals surface area contributed by atoms with Crippen molar-refractivity contribution in [1.29, 1.82) is 0 Å². The lowest BCUT2D eigenvalue weighted by molar-refractivity contribution is -0.149. The van der Waals surface area contributed by atoms with Gasteiger partial charge in [-0.1, -0.05) is 24.8 Å². The quantitative estimate of drug-likeness (QED) is 0.477. The molecule has 0 spiro atoms.